The van der Waals surface area contributed by atoms with E-state index in [2.05, 4.69) is 23.5 Å². The first-order chi connectivity index (χ1) is 14.2. The van der Waals surface area contributed by atoms with Crippen molar-refractivity contribution in [2.24, 2.45) is 0 Å². The van der Waals surface area contributed by atoms with E-state index in [4.69, 9.17) is 23.2 Å². The smallest absolute Gasteiger partial charge is 0.241 e. The van der Waals surface area contributed by atoms with Crippen LogP contribution < -0.4 is 9.62 Å². The zero-order chi connectivity index (χ0) is 21.9. The Kier molecular flexibility index (Phi) is 7.32. The normalized spacial score (nSPS) is 14.7. The van der Waals surface area contributed by atoms with Gasteiger partial charge in [-0.05, 0) is 60.9 Å². The van der Waals surface area contributed by atoms with Crippen molar-refractivity contribution in [3.8, 4) is 0 Å². The predicted octanol–water partition coefficient (Wildman–Crippen LogP) is 4.91. The molecule has 0 aliphatic heterocycles. The average molecular weight is 469 g/mol. The molecule has 0 saturated heterocycles. The van der Waals surface area contributed by atoms with E-state index in [-0.39, 0.29) is 28.3 Å². The molecule has 0 bridgehead atoms. The maximum Gasteiger partial charge on any atom is 0.241 e. The van der Waals surface area contributed by atoms with E-state index in [1.165, 1.54) is 30.0 Å². The van der Waals surface area contributed by atoms with E-state index in [0.717, 1.165) is 29.0 Å². The van der Waals surface area contributed by atoms with Crippen LogP contribution in [0.2, 0.25) is 10.0 Å². The Morgan fingerprint density at radius 2 is 1.83 bits per heavy atom. The number of anilines is 1. The van der Waals surface area contributed by atoms with Crippen LogP contribution in [0.15, 0.2) is 36.4 Å². The number of fused-ring (bicyclic) bond motifs is 1. The summed E-state index contributed by atoms with van der Waals surface area (Å²) in [5, 5.41) is 3.30. The fourth-order valence-electron chi connectivity index (χ4n) is 3.83. The van der Waals surface area contributed by atoms with Gasteiger partial charge in [0.15, 0.2) is 0 Å². The lowest BCUT2D eigenvalue weighted by Gasteiger charge is -2.25. The molecule has 162 valence electrons. The number of hydrogen-bond donors (Lipinski definition) is 1. The van der Waals surface area contributed by atoms with Crippen LogP contribution in [0.1, 0.15) is 48.9 Å². The van der Waals surface area contributed by atoms with Gasteiger partial charge in [-0.2, -0.15) is 0 Å². The number of benzene rings is 2. The molecule has 5 nitrogen and oxygen atoms in total. The molecule has 0 heterocycles. The summed E-state index contributed by atoms with van der Waals surface area (Å²) in [6, 6.07) is 10.9. The second-order valence-corrected chi connectivity index (χ2v) is 10.3. The molecular formula is C22H26Cl2N2O3S. The maximum atomic E-state index is 12.8. The Morgan fingerprint density at radius 3 is 2.50 bits per heavy atom. The minimum absolute atomic E-state index is 0.0964. The number of hydrogen-bond acceptors (Lipinski definition) is 3. The van der Waals surface area contributed by atoms with Gasteiger partial charge in [0, 0.05) is 0 Å². The van der Waals surface area contributed by atoms with Crippen molar-refractivity contribution < 1.29 is 13.2 Å². The molecule has 0 saturated carbocycles. The standard InChI is InChI=1S/C22H26Cl2N2O3S/c1-3-19(17-12-11-15-7-4-5-8-16(15)13-17)25-21(27)14-26(30(2,28)29)20-10-6-9-18(23)22(20)24/h6,9-13,19H,3-5,7-8,14H2,1-2H3,(H,25,27)/t19-/m1/s1. The van der Waals surface area contributed by atoms with Gasteiger partial charge >= 0.3 is 0 Å². The van der Waals surface area contributed by atoms with Crippen molar-refractivity contribution >= 4 is 44.8 Å². The molecule has 1 atom stereocenters. The number of amides is 1. The van der Waals surface area contributed by atoms with E-state index >= 15 is 0 Å². The first-order valence-electron chi connectivity index (χ1n) is 10.0. The van der Waals surface area contributed by atoms with Gasteiger partial charge in [0.25, 0.3) is 0 Å². The molecule has 2 aromatic rings. The number of rotatable bonds is 7. The van der Waals surface area contributed by atoms with E-state index in [9.17, 15) is 13.2 Å². The average Bonchev–Trinajstić information content (AvgIpc) is 2.71. The monoisotopic (exact) mass is 468 g/mol. The van der Waals surface area contributed by atoms with Gasteiger partial charge < -0.3 is 5.32 Å². The van der Waals surface area contributed by atoms with Crippen LogP contribution in [0.3, 0.4) is 0 Å². The number of carbonyl (C=O) groups is 1. The summed E-state index contributed by atoms with van der Waals surface area (Å²) < 4.78 is 25.7. The molecule has 0 radical (unpaired) electrons. The van der Waals surface area contributed by atoms with Gasteiger partial charge in [0.2, 0.25) is 15.9 Å². The molecule has 0 aromatic heterocycles. The summed E-state index contributed by atoms with van der Waals surface area (Å²) in [6.45, 7) is 1.62. The lowest BCUT2D eigenvalue weighted by Crippen LogP contribution is -2.41. The molecule has 3 rings (SSSR count). The van der Waals surface area contributed by atoms with E-state index < -0.39 is 15.9 Å². The van der Waals surface area contributed by atoms with Crippen molar-refractivity contribution in [2.45, 2.75) is 45.1 Å². The van der Waals surface area contributed by atoms with Gasteiger partial charge in [0.05, 0.1) is 28.0 Å². The Morgan fingerprint density at radius 1 is 1.13 bits per heavy atom. The highest BCUT2D eigenvalue weighted by Gasteiger charge is 2.25. The summed E-state index contributed by atoms with van der Waals surface area (Å²) in [4.78, 5) is 12.8. The highest BCUT2D eigenvalue weighted by molar-refractivity contribution is 7.92. The molecule has 1 aliphatic carbocycles. The summed E-state index contributed by atoms with van der Waals surface area (Å²) in [7, 11) is -3.74. The first-order valence-corrected chi connectivity index (χ1v) is 12.6. The number of sulfonamides is 1. The third-order valence-corrected chi connectivity index (χ3v) is 7.34. The fraction of sp³-hybridized carbons (Fsp3) is 0.409. The van der Waals surface area contributed by atoms with E-state index in [1.807, 2.05) is 6.92 Å². The van der Waals surface area contributed by atoms with Crippen molar-refractivity contribution in [2.75, 3.05) is 17.1 Å². The summed E-state index contributed by atoms with van der Waals surface area (Å²) >= 11 is 12.2. The first kappa shape index (κ1) is 22.9. The van der Waals surface area contributed by atoms with Crippen LogP contribution in [0, 0.1) is 0 Å². The third-order valence-electron chi connectivity index (χ3n) is 5.41. The van der Waals surface area contributed by atoms with Gasteiger partial charge in [0.1, 0.15) is 6.54 Å². The number of nitrogens with one attached hydrogen (secondary N) is 1. The quantitative estimate of drug-likeness (QED) is 0.627. The SMILES string of the molecule is CC[C@@H](NC(=O)CN(c1cccc(Cl)c1Cl)S(C)(=O)=O)c1ccc2c(c1)CCCC2. The molecule has 1 amide bonds. The highest BCUT2D eigenvalue weighted by Crippen LogP contribution is 2.33. The van der Waals surface area contributed by atoms with E-state index in [1.54, 1.807) is 12.1 Å². The largest absolute Gasteiger partial charge is 0.348 e. The summed E-state index contributed by atoms with van der Waals surface area (Å²) in [6.07, 6.45) is 6.29. The summed E-state index contributed by atoms with van der Waals surface area (Å²) in [5.74, 6) is -0.402. The molecule has 8 heteroatoms. The zero-order valence-corrected chi connectivity index (χ0v) is 19.4. The zero-order valence-electron chi connectivity index (χ0n) is 17.1. The van der Waals surface area contributed by atoms with Crippen LogP contribution in [-0.4, -0.2) is 27.1 Å². The van der Waals surface area contributed by atoms with Crippen LogP contribution in [-0.2, 0) is 27.7 Å². The van der Waals surface area contributed by atoms with Gasteiger partial charge in [-0.1, -0.05) is 54.4 Å². The molecule has 0 unspecified atom stereocenters. The molecule has 30 heavy (non-hydrogen) atoms. The molecule has 0 spiro atoms. The van der Waals surface area contributed by atoms with Gasteiger partial charge in [-0.15, -0.1) is 0 Å². The second kappa shape index (κ2) is 9.58. The minimum atomic E-state index is -3.74. The summed E-state index contributed by atoms with van der Waals surface area (Å²) in [5.41, 5.74) is 3.95. The van der Waals surface area contributed by atoms with E-state index in [0.29, 0.717) is 6.42 Å². The number of aryl methyl sites for hydroxylation is 2. The van der Waals surface area contributed by atoms with Crippen LogP contribution in [0.4, 0.5) is 5.69 Å². The fourth-order valence-corrected chi connectivity index (χ4v) is 5.14. The Hall–Kier alpha value is -1.76. The topological polar surface area (TPSA) is 66.5 Å². The molecule has 0 fully saturated rings. The predicted molar refractivity (Wildman–Crippen MR) is 123 cm³/mol. The third kappa shape index (κ3) is 5.29. The molecule has 1 aliphatic rings. The van der Waals surface area contributed by atoms with Crippen LogP contribution >= 0.6 is 23.2 Å². The van der Waals surface area contributed by atoms with Crippen molar-refractivity contribution in [3.05, 3.63) is 63.1 Å². The van der Waals surface area contributed by atoms with Gasteiger partial charge in [-0.25, -0.2) is 8.42 Å². The van der Waals surface area contributed by atoms with Crippen molar-refractivity contribution in [1.29, 1.82) is 0 Å². The van der Waals surface area contributed by atoms with Crippen molar-refractivity contribution in [1.82, 2.24) is 5.32 Å². The number of carbonyl (C=O) groups excluding carboxylic acids is 1. The number of nitrogens with zero attached hydrogens (tertiary/aromatic N) is 1. The lowest BCUT2D eigenvalue weighted by atomic mass is 9.89. The van der Waals surface area contributed by atoms with Gasteiger partial charge in [-0.3, -0.25) is 9.10 Å². The molecule has 1 N–H and O–H groups in total. The second-order valence-electron chi connectivity index (χ2n) is 7.61. The Labute approximate surface area is 188 Å². The number of halogens is 2. The van der Waals surface area contributed by atoms with Crippen LogP contribution in [0.5, 0.6) is 0 Å². The van der Waals surface area contributed by atoms with Crippen LogP contribution in [0.25, 0.3) is 0 Å². The lowest BCUT2D eigenvalue weighted by molar-refractivity contribution is -0.120. The molecular weight excluding hydrogens is 443 g/mol. The molecule has 2 aromatic carbocycles. The van der Waals surface area contributed by atoms with Crippen molar-refractivity contribution in [3.63, 3.8) is 0 Å². The highest BCUT2D eigenvalue weighted by atomic mass is 35.5. The minimum Gasteiger partial charge on any atom is -0.348 e. The Bertz CT molecular complexity index is 1040. The maximum absolute atomic E-state index is 12.8. The Balaban J connectivity index is 1.80.